The number of carboxylic acids is 1. The number of anilines is 1. The largest absolute Gasteiger partial charge is 0.492 e. The van der Waals surface area contributed by atoms with Gasteiger partial charge < -0.3 is 19.8 Å². The molecule has 0 saturated heterocycles. The molecule has 222 valence electrons. The summed E-state index contributed by atoms with van der Waals surface area (Å²) >= 11 is 0.784. The maximum absolute atomic E-state index is 14.0. The fourth-order valence-electron chi connectivity index (χ4n) is 5.23. The number of amides is 1. The highest BCUT2D eigenvalue weighted by molar-refractivity contribution is 7.15. The quantitative estimate of drug-likeness (QED) is 0.371. The molecule has 8 nitrogen and oxygen atoms in total. The van der Waals surface area contributed by atoms with Crippen molar-refractivity contribution in [2.75, 3.05) is 4.90 Å². The monoisotopic (exact) mass is 593 g/mol. The second kappa shape index (κ2) is 12.3. The molecule has 12 heteroatoms. The standard InChI is InChI=1S/C29H34F3N3O5S/c1-17-4-6-18(7-5-17)26(37)35(19-8-10-20(11-9-19)40-24-13-12-23(36)33-34-24)22-16-21(41-25(22)27(38)39)14-15-28(2,3)29(30,31)32/h12-13,16-20H,4-11H2,1-3H3,(H,33,36)(H,38,39)/t17-,18-,19-,20-. The number of halogens is 3. The van der Waals surface area contributed by atoms with Crippen LogP contribution in [0.25, 0.3) is 0 Å². The van der Waals surface area contributed by atoms with E-state index in [0.717, 1.165) is 38.0 Å². The molecular formula is C29H34F3N3O5S. The van der Waals surface area contributed by atoms with E-state index in [1.54, 1.807) is 4.90 Å². The molecule has 2 aliphatic carbocycles. The van der Waals surface area contributed by atoms with Crippen LogP contribution in [-0.4, -0.2) is 50.6 Å². The Balaban J connectivity index is 1.62. The van der Waals surface area contributed by atoms with Crippen LogP contribution in [0.2, 0.25) is 0 Å². The van der Waals surface area contributed by atoms with Crippen molar-refractivity contribution < 1.29 is 37.7 Å². The van der Waals surface area contributed by atoms with Gasteiger partial charge in [-0.15, -0.1) is 21.5 Å². The van der Waals surface area contributed by atoms with Gasteiger partial charge in [0.2, 0.25) is 17.7 Å². The van der Waals surface area contributed by atoms with Crippen LogP contribution in [0.3, 0.4) is 0 Å². The maximum atomic E-state index is 14.0. The highest BCUT2D eigenvalue weighted by Crippen LogP contribution is 2.40. The van der Waals surface area contributed by atoms with Crippen molar-refractivity contribution >= 4 is 28.9 Å². The van der Waals surface area contributed by atoms with E-state index >= 15 is 0 Å². The van der Waals surface area contributed by atoms with E-state index in [0.29, 0.717) is 44.4 Å². The molecule has 2 saturated carbocycles. The number of aromatic carboxylic acids is 1. The number of hydrogen-bond acceptors (Lipinski definition) is 7. The Morgan fingerprint density at radius 2 is 1.71 bits per heavy atom. The number of ether oxygens (including phenoxy) is 1. The molecule has 0 aromatic carbocycles. The van der Waals surface area contributed by atoms with Crippen LogP contribution in [0.15, 0.2) is 18.2 Å². The molecule has 2 N–H and O–H groups in total. The van der Waals surface area contributed by atoms with Gasteiger partial charge in [0, 0.05) is 24.1 Å². The zero-order valence-electron chi connectivity index (χ0n) is 23.2. The fourth-order valence-corrected chi connectivity index (χ4v) is 6.07. The molecule has 0 bridgehead atoms. The lowest BCUT2D eigenvalue weighted by molar-refractivity contribution is -0.190. The number of aromatic nitrogens is 2. The van der Waals surface area contributed by atoms with Gasteiger partial charge in [-0.25, -0.2) is 4.79 Å². The molecule has 0 spiro atoms. The molecule has 2 fully saturated rings. The Morgan fingerprint density at radius 1 is 1.05 bits per heavy atom. The van der Waals surface area contributed by atoms with E-state index in [2.05, 4.69) is 29.0 Å². The smallest absolute Gasteiger partial charge is 0.404 e. The number of carbonyl (C=O) groups excluding carboxylic acids is 1. The lowest BCUT2D eigenvalue weighted by Crippen LogP contribution is -2.47. The Hall–Kier alpha value is -3.33. The third-order valence-electron chi connectivity index (χ3n) is 7.90. The summed E-state index contributed by atoms with van der Waals surface area (Å²) in [6.45, 7) is 4.08. The summed E-state index contributed by atoms with van der Waals surface area (Å²) in [5, 5.41) is 26.8. The molecule has 2 aliphatic rings. The van der Waals surface area contributed by atoms with E-state index in [1.165, 1.54) is 18.2 Å². The molecule has 4 rings (SSSR count). The summed E-state index contributed by atoms with van der Waals surface area (Å²) in [6.07, 6.45) is 0.641. The van der Waals surface area contributed by atoms with E-state index in [9.17, 15) is 33.0 Å². The number of alkyl halides is 3. The molecular weight excluding hydrogens is 559 g/mol. The third kappa shape index (κ3) is 7.31. The minimum absolute atomic E-state index is 0.116. The summed E-state index contributed by atoms with van der Waals surface area (Å²) in [6, 6.07) is 4.03. The van der Waals surface area contributed by atoms with Crippen LogP contribution in [-0.2, 0) is 4.79 Å². The van der Waals surface area contributed by atoms with Crippen LogP contribution in [0.1, 0.15) is 86.7 Å². The number of aromatic hydroxyl groups is 1. The van der Waals surface area contributed by atoms with Gasteiger partial charge in [0.15, 0.2) is 0 Å². The van der Waals surface area contributed by atoms with Crippen molar-refractivity contribution in [2.45, 2.75) is 90.5 Å². The molecule has 2 heterocycles. The van der Waals surface area contributed by atoms with Crippen molar-refractivity contribution in [3.05, 3.63) is 28.0 Å². The highest BCUT2D eigenvalue weighted by atomic mass is 32.1. The van der Waals surface area contributed by atoms with Gasteiger partial charge in [-0.2, -0.15) is 13.2 Å². The average molecular weight is 594 g/mol. The first-order chi connectivity index (χ1) is 19.2. The SMILES string of the molecule is CC(C)(C#Cc1cc(N(C(=O)[C@H]2CC[C@H](C)CC2)[C@H]2CC[C@H](Oc3ccc(O)nn3)CC2)c(C(=O)O)s1)C(F)(F)F. The van der Waals surface area contributed by atoms with Gasteiger partial charge in [0.05, 0.1) is 10.6 Å². The van der Waals surface area contributed by atoms with Gasteiger partial charge >= 0.3 is 12.1 Å². The first-order valence-electron chi connectivity index (χ1n) is 13.7. The molecule has 0 unspecified atom stereocenters. The van der Waals surface area contributed by atoms with Crippen molar-refractivity contribution in [1.29, 1.82) is 0 Å². The van der Waals surface area contributed by atoms with Gasteiger partial charge in [-0.05, 0) is 77.2 Å². The number of carbonyl (C=O) groups is 2. The minimum atomic E-state index is -4.55. The molecule has 0 aliphatic heterocycles. The van der Waals surface area contributed by atoms with Crippen LogP contribution < -0.4 is 9.64 Å². The van der Waals surface area contributed by atoms with E-state index in [1.807, 2.05) is 0 Å². The normalized spacial score (nSPS) is 23.3. The first kappa shape index (κ1) is 30.6. The molecule has 2 aromatic rings. The second-order valence-electron chi connectivity index (χ2n) is 11.4. The van der Waals surface area contributed by atoms with Crippen LogP contribution in [0, 0.1) is 29.1 Å². The van der Waals surface area contributed by atoms with Crippen LogP contribution in [0.4, 0.5) is 18.9 Å². The summed E-state index contributed by atoms with van der Waals surface area (Å²) in [5.41, 5.74) is -2.09. The molecule has 1 amide bonds. The maximum Gasteiger partial charge on any atom is 0.404 e. The summed E-state index contributed by atoms with van der Waals surface area (Å²) in [5.74, 6) is 3.66. The average Bonchev–Trinajstić information content (AvgIpc) is 3.34. The van der Waals surface area contributed by atoms with Crippen molar-refractivity contribution in [2.24, 2.45) is 17.3 Å². The summed E-state index contributed by atoms with van der Waals surface area (Å²) in [4.78, 5) is 27.9. The Kier molecular flexibility index (Phi) is 9.16. The topological polar surface area (TPSA) is 113 Å². The number of hydrogen-bond donors (Lipinski definition) is 2. The molecule has 41 heavy (non-hydrogen) atoms. The van der Waals surface area contributed by atoms with E-state index in [4.69, 9.17) is 4.74 Å². The first-order valence-corrected chi connectivity index (χ1v) is 14.6. The Bertz CT molecular complexity index is 1300. The minimum Gasteiger partial charge on any atom is -0.492 e. The van der Waals surface area contributed by atoms with Crippen LogP contribution in [0.5, 0.6) is 11.8 Å². The van der Waals surface area contributed by atoms with Crippen molar-refractivity contribution in [3.63, 3.8) is 0 Å². The summed E-state index contributed by atoms with van der Waals surface area (Å²) in [7, 11) is 0. The van der Waals surface area contributed by atoms with Gasteiger partial charge in [-0.3, -0.25) is 4.79 Å². The number of carboxylic acid groups (broad SMARTS) is 1. The Morgan fingerprint density at radius 3 is 2.27 bits per heavy atom. The van der Waals surface area contributed by atoms with Gasteiger partial charge in [0.25, 0.3) is 0 Å². The lowest BCUT2D eigenvalue weighted by atomic mass is 9.81. The Labute approximate surface area is 240 Å². The van der Waals surface area contributed by atoms with Crippen molar-refractivity contribution in [3.8, 4) is 23.6 Å². The predicted octanol–water partition coefficient (Wildman–Crippen LogP) is 6.43. The number of rotatable bonds is 6. The molecule has 0 atom stereocenters. The molecule has 2 aromatic heterocycles. The predicted molar refractivity (Wildman–Crippen MR) is 147 cm³/mol. The van der Waals surface area contributed by atoms with E-state index < -0.39 is 17.6 Å². The van der Waals surface area contributed by atoms with Crippen molar-refractivity contribution in [1.82, 2.24) is 10.2 Å². The zero-order chi connectivity index (χ0) is 29.9. The molecule has 0 radical (unpaired) electrons. The van der Waals surface area contributed by atoms with Gasteiger partial charge in [0.1, 0.15) is 16.4 Å². The van der Waals surface area contributed by atoms with Crippen LogP contribution >= 0.6 is 11.3 Å². The fraction of sp³-hybridized carbons (Fsp3) is 0.586. The number of nitrogens with zero attached hydrogens (tertiary/aromatic N) is 3. The zero-order valence-corrected chi connectivity index (χ0v) is 24.0. The van der Waals surface area contributed by atoms with Gasteiger partial charge in [-0.1, -0.05) is 18.8 Å². The van der Waals surface area contributed by atoms with E-state index in [-0.39, 0.29) is 51.2 Å². The lowest BCUT2D eigenvalue weighted by Gasteiger charge is -2.39. The third-order valence-corrected chi connectivity index (χ3v) is 8.93. The number of thiophene rings is 1. The summed E-state index contributed by atoms with van der Waals surface area (Å²) < 4.78 is 46.0. The second-order valence-corrected chi connectivity index (χ2v) is 12.5. The highest BCUT2D eigenvalue weighted by Gasteiger charge is 2.46.